The lowest BCUT2D eigenvalue weighted by Gasteiger charge is -2.30. The highest BCUT2D eigenvalue weighted by molar-refractivity contribution is 5.90. The van der Waals surface area contributed by atoms with E-state index in [1.165, 1.54) is 6.07 Å². The van der Waals surface area contributed by atoms with Gasteiger partial charge < -0.3 is 10.0 Å². The zero-order valence-corrected chi connectivity index (χ0v) is 9.70. The Morgan fingerprint density at radius 1 is 1.26 bits per heavy atom. The van der Waals surface area contributed by atoms with Crippen LogP contribution in [0.3, 0.4) is 0 Å². The monoisotopic (exact) mass is 273 g/mol. The molecular weight excluding hydrogens is 263 g/mol. The quantitative estimate of drug-likeness (QED) is 0.849. The highest BCUT2D eigenvalue weighted by Crippen LogP contribution is 2.26. The van der Waals surface area contributed by atoms with Crippen LogP contribution in [0, 0.1) is 0 Å². The minimum atomic E-state index is -4.93. The molecule has 1 amide bonds. The number of carbonyl (C=O) groups is 2. The van der Waals surface area contributed by atoms with Gasteiger partial charge in [0, 0.05) is 13.1 Å². The summed E-state index contributed by atoms with van der Waals surface area (Å²) in [5.41, 5.74) is 0.891. The van der Waals surface area contributed by atoms with Crippen LogP contribution in [0.1, 0.15) is 21.5 Å². The third kappa shape index (κ3) is 2.54. The van der Waals surface area contributed by atoms with Crippen molar-refractivity contribution in [3.63, 3.8) is 0 Å². The lowest BCUT2D eigenvalue weighted by molar-refractivity contribution is -0.186. The number of carboxylic acids is 1. The molecule has 2 rings (SSSR count). The Bertz CT molecular complexity index is 540. The van der Waals surface area contributed by atoms with E-state index < -0.39 is 18.1 Å². The predicted molar refractivity (Wildman–Crippen MR) is 58.6 cm³/mol. The fraction of sp³-hybridized carbons (Fsp3) is 0.333. The number of halogens is 3. The zero-order valence-electron chi connectivity index (χ0n) is 9.70. The molecule has 0 radical (unpaired) electrons. The summed E-state index contributed by atoms with van der Waals surface area (Å²) in [4.78, 5) is 22.8. The van der Waals surface area contributed by atoms with Crippen LogP contribution in [-0.2, 0) is 17.8 Å². The minimum Gasteiger partial charge on any atom is -0.478 e. The molecule has 1 aromatic rings. The highest BCUT2D eigenvalue weighted by atomic mass is 19.4. The number of carbonyl (C=O) groups excluding carboxylic acids is 1. The predicted octanol–water partition coefficient (Wildman–Crippen LogP) is 1.83. The van der Waals surface area contributed by atoms with Gasteiger partial charge in [-0.2, -0.15) is 13.2 Å². The standard InChI is InChI=1S/C12H10F3NO3/c13-12(14,15)11(19)16-5-4-7-2-1-3-8(10(17)18)9(7)6-16/h1-3H,4-6H2,(H,17,18). The first-order valence-electron chi connectivity index (χ1n) is 5.51. The van der Waals surface area contributed by atoms with E-state index in [-0.39, 0.29) is 30.6 Å². The van der Waals surface area contributed by atoms with Crippen molar-refractivity contribution in [2.75, 3.05) is 6.54 Å². The van der Waals surface area contributed by atoms with E-state index in [4.69, 9.17) is 5.11 Å². The van der Waals surface area contributed by atoms with E-state index in [1.54, 1.807) is 12.1 Å². The van der Waals surface area contributed by atoms with Crippen LogP contribution in [0.15, 0.2) is 18.2 Å². The van der Waals surface area contributed by atoms with Gasteiger partial charge in [-0.1, -0.05) is 12.1 Å². The Morgan fingerprint density at radius 2 is 1.95 bits per heavy atom. The molecule has 0 spiro atoms. The fourth-order valence-electron chi connectivity index (χ4n) is 2.13. The number of carboxylic acid groups (broad SMARTS) is 1. The summed E-state index contributed by atoms with van der Waals surface area (Å²) < 4.78 is 37.1. The van der Waals surface area contributed by atoms with Crippen LogP contribution < -0.4 is 0 Å². The number of hydrogen-bond donors (Lipinski definition) is 1. The van der Waals surface area contributed by atoms with E-state index in [9.17, 15) is 22.8 Å². The number of benzene rings is 1. The molecule has 7 heteroatoms. The van der Waals surface area contributed by atoms with Crippen molar-refractivity contribution >= 4 is 11.9 Å². The third-order valence-electron chi connectivity index (χ3n) is 3.03. The van der Waals surface area contributed by atoms with Crippen molar-refractivity contribution in [1.82, 2.24) is 4.90 Å². The third-order valence-corrected chi connectivity index (χ3v) is 3.03. The van der Waals surface area contributed by atoms with Gasteiger partial charge in [-0.25, -0.2) is 4.79 Å². The Balaban J connectivity index is 2.33. The highest BCUT2D eigenvalue weighted by Gasteiger charge is 2.43. The Kier molecular flexibility index (Phi) is 3.21. The van der Waals surface area contributed by atoms with E-state index in [0.29, 0.717) is 10.5 Å². The topological polar surface area (TPSA) is 57.6 Å². The van der Waals surface area contributed by atoms with Crippen molar-refractivity contribution in [3.05, 3.63) is 34.9 Å². The summed E-state index contributed by atoms with van der Waals surface area (Å²) in [7, 11) is 0. The number of rotatable bonds is 1. The van der Waals surface area contributed by atoms with Crippen molar-refractivity contribution < 1.29 is 27.9 Å². The number of amides is 1. The average molecular weight is 273 g/mol. The van der Waals surface area contributed by atoms with Gasteiger partial charge in [0.05, 0.1) is 5.56 Å². The van der Waals surface area contributed by atoms with E-state index >= 15 is 0 Å². The van der Waals surface area contributed by atoms with Gasteiger partial charge in [-0.15, -0.1) is 0 Å². The summed E-state index contributed by atoms with van der Waals surface area (Å²) in [6.45, 7) is -0.384. The molecule has 0 saturated carbocycles. The first kappa shape index (κ1) is 13.4. The molecule has 0 bridgehead atoms. The van der Waals surface area contributed by atoms with Crippen molar-refractivity contribution in [3.8, 4) is 0 Å². The van der Waals surface area contributed by atoms with Crippen LogP contribution in [0.2, 0.25) is 0 Å². The van der Waals surface area contributed by atoms with Gasteiger partial charge >= 0.3 is 18.1 Å². The van der Waals surface area contributed by atoms with Crippen molar-refractivity contribution in [1.29, 1.82) is 0 Å². The van der Waals surface area contributed by atoms with E-state index in [1.807, 2.05) is 0 Å². The maximum atomic E-state index is 12.4. The molecule has 0 atom stereocenters. The molecule has 0 aromatic heterocycles. The van der Waals surface area contributed by atoms with Gasteiger partial charge in [0.25, 0.3) is 0 Å². The van der Waals surface area contributed by atoms with E-state index in [0.717, 1.165) is 0 Å². The second kappa shape index (κ2) is 4.56. The maximum Gasteiger partial charge on any atom is 0.471 e. The lowest BCUT2D eigenvalue weighted by Crippen LogP contribution is -2.44. The van der Waals surface area contributed by atoms with Gasteiger partial charge in [0.1, 0.15) is 0 Å². The second-order valence-electron chi connectivity index (χ2n) is 4.22. The van der Waals surface area contributed by atoms with Crippen LogP contribution >= 0.6 is 0 Å². The number of nitrogens with zero attached hydrogens (tertiary/aromatic N) is 1. The van der Waals surface area contributed by atoms with Gasteiger partial charge in [0.15, 0.2) is 0 Å². The molecule has 0 unspecified atom stereocenters. The van der Waals surface area contributed by atoms with Crippen LogP contribution in [0.4, 0.5) is 13.2 Å². The largest absolute Gasteiger partial charge is 0.478 e. The molecule has 19 heavy (non-hydrogen) atoms. The molecule has 0 aliphatic carbocycles. The molecular formula is C12H10F3NO3. The summed E-state index contributed by atoms with van der Waals surface area (Å²) in [5.74, 6) is -3.14. The molecule has 1 aliphatic heterocycles. The van der Waals surface area contributed by atoms with Crippen LogP contribution in [0.5, 0.6) is 0 Å². The summed E-state index contributed by atoms with van der Waals surface area (Å²) in [6, 6.07) is 4.53. The molecule has 1 aromatic carbocycles. The number of aromatic carboxylic acids is 1. The first-order chi connectivity index (χ1) is 8.80. The van der Waals surface area contributed by atoms with E-state index in [2.05, 4.69) is 0 Å². The maximum absolute atomic E-state index is 12.4. The van der Waals surface area contributed by atoms with Gasteiger partial charge in [-0.05, 0) is 23.6 Å². The molecule has 102 valence electrons. The summed E-state index contributed by atoms with van der Waals surface area (Å²) in [5, 5.41) is 9.00. The molecule has 1 heterocycles. The lowest BCUT2D eigenvalue weighted by atomic mass is 9.95. The van der Waals surface area contributed by atoms with Crippen LogP contribution in [-0.4, -0.2) is 34.6 Å². The Morgan fingerprint density at radius 3 is 2.53 bits per heavy atom. The fourth-order valence-corrected chi connectivity index (χ4v) is 2.13. The molecule has 4 nitrogen and oxygen atoms in total. The molecule has 0 fully saturated rings. The normalized spacial score (nSPS) is 15.0. The molecule has 1 aliphatic rings. The van der Waals surface area contributed by atoms with Crippen molar-refractivity contribution in [2.45, 2.75) is 19.1 Å². The van der Waals surface area contributed by atoms with Gasteiger partial charge in [-0.3, -0.25) is 4.79 Å². The summed E-state index contributed by atoms with van der Waals surface area (Å²) in [6.07, 6.45) is -4.71. The zero-order chi connectivity index (χ0) is 14.2. The Hall–Kier alpha value is -2.05. The molecule has 0 saturated heterocycles. The molecule has 1 N–H and O–H groups in total. The summed E-state index contributed by atoms with van der Waals surface area (Å²) >= 11 is 0. The van der Waals surface area contributed by atoms with Crippen LogP contribution in [0.25, 0.3) is 0 Å². The smallest absolute Gasteiger partial charge is 0.471 e. The second-order valence-corrected chi connectivity index (χ2v) is 4.22. The van der Waals surface area contributed by atoms with Crippen molar-refractivity contribution in [2.24, 2.45) is 0 Å². The number of alkyl halides is 3. The number of fused-ring (bicyclic) bond motifs is 1. The SMILES string of the molecule is O=C(O)c1cccc2c1CN(C(=O)C(F)(F)F)CC2. The Labute approximate surface area is 106 Å². The average Bonchev–Trinajstić information content (AvgIpc) is 2.35. The van der Waals surface area contributed by atoms with Gasteiger partial charge in [0.2, 0.25) is 0 Å². The minimum absolute atomic E-state index is 0.0582. The first-order valence-corrected chi connectivity index (χ1v) is 5.51. The number of hydrogen-bond acceptors (Lipinski definition) is 2.